The molecule has 2 fully saturated rings. The Morgan fingerprint density at radius 3 is 2.21 bits per heavy atom. The van der Waals surface area contributed by atoms with Crippen molar-refractivity contribution in [3.8, 4) is 12.1 Å². The van der Waals surface area contributed by atoms with Gasteiger partial charge in [-0.2, -0.15) is 10.5 Å². The highest BCUT2D eigenvalue weighted by Gasteiger charge is 2.41. The fourth-order valence-electron chi connectivity index (χ4n) is 3.60. The van der Waals surface area contributed by atoms with Gasteiger partial charge < -0.3 is 4.90 Å². The first kappa shape index (κ1) is 18.3. The molecule has 2 atom stereocenters. The molecule has 0 aromatic heterocycles. The number of hydrogen-bond acceptors (Lipinski definition) is 4. The predicted octanol–water partition coefficient (Wildman–Crippen LogP) is 2.48. The summed E-state index contributed by atoms with van der Waals surface area (Å²) in [5.74, 6) is -0.150. The van der Waals surface area contributed by atoms with E-state index in [1.54, 1.807) is 0 Å². The highest BCUT2D eigenvalue weighted by molar-refractivity contribution is 5.85. The van der Waals surface area contributed by atoms with Crippen LogP contribution in [-0.4, -0.2) is 29.4 Å². The second-order valence-corrected chi connectivity index (χ2v) is 6.32. The molecule has 24 heavy (non-hydrogen) atoms. The van der Waals surface area contributed by atoms with E-state index in [4.69, 9.17) is 0 Å². The lowest BCUT2D eigenvalue weighted by molar-refractivity contribution is -0.132. The van der Waals surface area contributed by atoms with Gasteiger partial charge in [0, 0.05) is 5.54 Å². The topological polar surface area (TPSA) is 79.9 Å². The van der Waals surface area contributed by atoms with E-state index in [-0.39, 0.29) is 30.4 Å². The number of benzene rings is 1. The molecule has 1 aliphatic heterocycles. The highest BCUT2D eigenvalue weighted by Crippen LogP contribution is 2.41. The van der Waals surface area contributed by atoms with Crippen LogP contribution in [0.4, 0.5) is 0 Å². The molecule has 126 valence electrons. The van der Waals surface area contributed by atoms with Crippen LogP contribution in [-0.2, 0) is 10.3 Å². The highest BCUT2D eigenvalue weighted by atomic mass is 35.5. The molecule has 0 bridgehead atoms. The summed E-state index contributed by atoms with van der Waals surface area (Å²) in [5, 5.41) is 21.8. The van der Waals surface area contributed by atoms with Crippen LogP contribution in [0.5, 0.6) is 0 Å². The average molecular weight is 345 g/mol. The first-order chi connectivity index (χ1) is 11.2. The fourth-order valence-corrected chi connectivity index (χ4v) is 3.60. The number of carbonyl (C=O) groups excluding carboxylic acids is 1. The lowest BCUT2D eigenvalue weighted by Crippen LogP contribution is -2.53. The van der Waals surface area contributed by atoms with Crippen molar-refractivity contribution in [2.75, 3.05) is 6.54 Å². The third-order valence-electron chi connectivity index (χ3n) is 5.08. The van der Waals surface area contributed by atoms with Crippen LogP contribution >= 0.6 is 12.4 Å². The monoisotopic (exact) mass is 344 g/mol. The van der Waals surface area contributed by atoms with Crippen LogP contribution in [0.25, 0.3) is 0 Å². The van der Waals surface area contributed by atoms with Crippen molar-refractivity contribution in [1.82, 2.24) is 10.2 Å². The molecule has 5 nitrogen and oxygen atoms in total. The minimum atomic E-state index is -0.469. The number of amides is 1. The lowest BCUT2D eigenvalue weighted by Gasteiger charge is -2.43. The van der Waals surface area contributed by atoms with Crippen molar-refractivity contribution < 1.29 is 4.79 Å². The summed E-state index contributed by atoms with van der Waals surface area (Å²) in [6.45, 7) is 0.172. The Morgan fingerprint density at radius 1 is 1.17 bits per heavy atom. The van der Waals surface area contributed by atoms with E-state index in [9.17, 15) is 15.3 Å². The average Bonchev–Trinajstić information content (AvgIpc) is 2.97. The van der Waals surface area contributed by atoms with Crippen molar-refractivity contribution in [3.63, 3.8) is 0 Å². The zero-order chi connectivity index (χ0) is 16.3. The van der Waals surface area contributed by atoms with Crippen molar-refractivity contribution >= 4 is 18.3 Å². The van der Waals surface area contributed by atoms with E-state index in [0.717, 1.165) is 19.3 Å². The van der Waals surface area contributed by atoms with Gasteiger partial charge in [-0.25, -0.2) is 0 Å². The van der Waals surface area contributed by atoms with Gasteiger partial charge in [0.05, 0.1) is 18.7 Å². The third kappa shape index (κ3) is 3.24. The van der Waals surface area contributed by atoms with Gasteiger partial charge >= 0.3 is 0 Å². The van der Waals surface area contributed by atoms with Crippen LogP contribution < -0.4 is 5.32 Å². The summed E-state index contributed by atoms with van der Waals surface area (Å²) in [7, 11) is 0. The summed E-state index contributed by atoms with van der Waals surface area (Å²) in [4.78, 5) is 14.0. The zero-order valence-electron chi connectivity index (χ0n) is 13.4. The standard InChI is InChI=1S/C18H20N4O.ClH/c19-11-15-7-8-16(12-20)22(15)17(23)13-21-18(9-4-10-18)14-5-2-1-3-6-14;/h1-3,5-6,15-16,21H,4,7-10,13H2;1H/t15-,16+;. The minimum Gasteiger partial charge on any atom is -0.310 e. The van der Waals surface area contributed by atoms with E-state index in [0.29, 0.717) is 12.8 Å². The van der Waals surface area contributed by atoms with Gasteiger partial charge in [0.15, 0.2) is 0 Å². The number of nitrogens with zero attached hydrogens (tertiary/aromatic N) is 3. The summed E-state index contributed by atoms with van der Waals surface area (Å²) in [6.07, 6.45) is 4.33. The molecular formula is C18H21ClN4O. The molecule has 1 heterocycles. The fraction of sp³-hybridized carbons (Fsp3) is 0.500. The summed E-state index contributed by atoms with van der Waals surface area (Å²) in [5.41, 5.74) is 1.06. The van der Waals surface area contributed by atoms with Gasteiger partial charge in [-0.15, -0.1) is 12.4 Å². The summed E-state index contributed by atoms with van der Waals surface area (Å²) >= 11 is 0. The molecule has 6 heteroatoms. The van der Waals surface area contributed by atoms with E-state index in [1.807, 2.05) is 18.2 Å². The van der Waals surface area contributed by atoms with Crippen molar-refractivity contribution in [3.05, 3.63) is 35.9 Å². The van der Waals surface area contributed by atoms with Crippen molar-refractivity contribution in [2.45, 2.75) is 49.7 Å². The molecule has 1 aromatic rings. The Labute approximate surface area is 148 Å². The smallest absolute Gasteiger partial charge is 0.238 e. The molecule has 1 aromatic carbocycles. The summed E-state index contributed by atoms with van der Waals surface area (Å²) in [6, 6.07) is 13.5. The number of hydrogen-bond donors (Lipinski definition) is 1. The van der Waals surface area contributed by atoms with E-state index < -0.39 is 12.1 Å². The number of nitriles is 2. The first-order valence-corrected chi connectivity index (χ1v) is 8.11. The van der Waals surface area contributed by atoms with Crippen LogP contribution in [0.1, 0.15) is 37.7 Å². The second kappa shape index (κ2) is 7.66. The molecule has 0 unspecified atom stereocenters. The van der Waals surface area contributed by atoms with Crippen molar-refractivity contribution in [2.24, 2.45) is 0 Å². The van der Waals surface area contributed by atoms with Gasteiger partial charge in [-0.1, -0.05) is 30.3 Å². The first-order valence-electron chi connectivity index (χ1n) is 8.11. The van der Waals surface area contributed by atoms with Gasteiger partial charge in [-0.05, 0) is 37.7 Å². The molecule has 1 amide bonds. The minimum absolute atomic E-state index is 0. The molecule has 1 saturated carbocycles. The predicted molar refractivity (Wildman–Crippen MR) is 92.1 cm³/mol. The maximum absolute atomic E-state index is 12.6. The Balaban J connectivity index is 0.00000208. The number of likely N-dealkylation sites (tertiary alicyclic amines) is 1. The Kier molecular flexibility index (Phi) is 5.83. The second-order valence-electron chi connectivity index (χ2n) is 6.32. The SMILES string of the molecule is Cl.N#C[C@@H]1CC[C@H](C#N)N1C(=O)CNC1(c2ccccc2)CCC1. The number of carbonyl (C=O) groups is 1. The van der Waals surface area contributed by atoms with Crippen LogP contribution in [0.15, 0.2) is 30.3 Å². The normalized spacial score (nSPS) is 24.2. The maximum Gasteiger partial charge on any atom is 0.238 e. The summed E-state index contributed by atoms with van der Waals surface area (Å²) < 4.78 is 0. The van der Waals surface area contributed by atoms with Crippen LogP contribution in [0, 0.1) is 22.7 Å². The quantitative estimate of drug-likeness (QED) is 0.910. The van der Waals surface area contributed by atoms with E-state index in [2.05, 4.69) is 29.6 Å². The molecule has 3 rings (SSSR count). The zero-order valence-corrected chi connectivity index (χ0v) is 14.3. The van der Waals surface area contributed by atoms with Crippen LogP contribution in [0.3, 0.4) is 0 Å². The van der Waals surface area contributed by atoms with Crippen molar-refractivity contribution in [1.29, 1.82) is 10.5 Å². The number of nitrogens with one attached hydrogen (secondary N) is 1. The Morgan fingerprint density at radius 2 is 1.75 bits per heavy atom. The van der Waals surface area contributed by atoms with Gasteiger partial charge in [0.1, 0.15) is 12.1 Å². The molecule has 1 aliphatic carbocycles. The number of rotatable bonds is 4. The van der Waals surface area contributed by atoms with E-state index in [1.165, 1.54) is 10.5 Å². The maximum atomic E-state index is 12.6. The molecule has 1 N–H and O–H groups in total. The lowest BCUT2D eigenvalue weighted by atomic mass is 9.72. The Bertz CT molecular complexity index is 638. The number of halogens is 1. The van der Waals surface area contributed by atoms with Gasteiger partial charge in [-0.3, -0.25) is 10.1 Å². The van der Waals surface area contributed by atoms with Gasteiger partial charge in [0.25, 0.3) is 0 Å². The molecule has 1 saturated heterocycles. The molecular weight excluding hydrogens is 324 g/mol. The third-order valence-corrected chi connectivity index (χ3v) is 5.08. The van der Waals surface area contributed by atoms with E-state index >= 15 is 0 Å². The molecule has 2 aliphatic rings. The Hall–Kier alpha value is -2.08. The molecule has 0 radical (unpaired) electrons. The van der Waals surface area contributed by atoms with Crippen LogP contribution in [0.2, 0.25) is 0 Å². The largest absolute Gasteiger partial charge is 0.310 e. The van der Waals surface area contributed by atoms with Gasteiger partial charge in [0.2, 0.25) is 5.91 Å². The molecule has 0 spiro atoms.